The fraction of sp³-hybridized carbons (Fsp3) is 0.788. The highest BCUT2D eigenvalue weighted by atomic mass is 31.2. The third kappa shape index (κ3) is 49.1. The molecular formula is C52H96NO7P. The van der Waals surface area contributed by atoms with E-state index in [0.29, 0.717) is 13.0 Å². The van der Waals surface area contributed by atoms with Crippen LogP contribution in [0.4, 0.5) is 0 Å². The first-order chi connectivity index (χ1) is 29.9. The van der Waals surface area contributed by atoms with E-state index in [0.717, 1.165) is 83.5 Å². The van der Waals surface area contributed by atoms with Crippen LogP contribution in [0, 0.1) is 0 Å². The van der Waals surface area contributed by atoms with E-state index in [1.54, 1.807) is 0 Å². The molecule has 0 aliphatic rings. The van der Waals surface area contributed by atoms with Crippen LogP contribution in [0.1, 0.15) is 226 Å². The van der Waals surface area contributed by atoms with Gasteiger partial charge in [-0.15, -0.1) is 0 Å². The van der Waals surface area contributed by atoms with Gasteiger partial charge in [0.05, 0.1) is 19.8 Å². The van der Waals surface area contributed by atoms with E-state index in [1.807, 2.05) is 0 Å². The molecule has 0 heterocycles. The van der Waals surface area contributed by atoms with Crippen molar-refractivity contribution in [2.75, 3.05) is 33.0 Å². The van der Waals surface area contributed by atoms with Gasteiger partial charge in [0, 0.05) is 19.6 Å². The number of esters is 1. The lowest BCUT2D eigenvalue weighted by molar-refractivity contribution is -0.154. The molecule has 2 atom stereocenters. The number of carbonyl (C=O) groups is 1. The lowest BCUT2D eigenvalue weighted by Gasteiger charge is -2.20. The van der Waals surface area contributed by atoms with E-state index in [-0.39, 0.29) is 32.3 Å². The number of carbonyl (C=O) groups excluding carboxylic acids is 1. The smallest absolute Gasteiger partial charge is 0.457 e. The molecule has 0 saturated carbocycles. The molecule has 0 amide bonds. The molecule has 0 aromatic heterocycles. The Labute approximate surface area is 376 Å². The van der Waals surface area contributed by atoms with Crippen molar-refractivity contribution in [2.24, 2.45) is 5.73 Å². The van der Waals surface area contributed by atoms with Gasteiger partial charge in [-0.05, 0) is 57.8 Å². The average Bonchev–Trinajstić information content (AvgIpc) is 3.25. The molecule has 0 spiro atoms. The van der Waals surface area contributed by atoms with Crippen LogP contribution in [0.2, 0.25) is 0 Å². The van der Waals surface area contributed by atoms with Crippen LogP contribution in [-0.4, -0.2) is 49.9 Å². The normalized spacial score (nSPS) is 13.8. The van der Waals surface area contributed by atoms with Crippen molar-refractivity contribution in [1.82, 2.24) is 0 Å². The maximum atomic E-state index is 12.7. The molecule has 9 heteroatoms. The number of unbranched alkanes of at least 4 members (excludes halogenated alkanes) is 25. The average molecular weight is 878 g/mol. The number of allylic oxidation sites excluding steroid dienone is 10. The Hall–Kier alpha value is -1.80. The second-order valence-electron chi connectivity index (χ2n) is 16.7. The number of phosphoric ester groups is 1. The molecule has 8 nitrogen and oxygen atoms in total. The minimum Gasteiger partial charge on any atom is -0.457 e. The molecule has 0 fully saturated rings. The summed E-state index contributed by atoms with van der Waals surface area (Å²) in [4.78, 5) is 22.6. The second-order valence-corrected chi connectivity index (χ2v) is 18.1. The number of phosphoric acid groups is 1. The summed E-state index contributed by atoms with van der Waals surface area (Å²) in [6, 6.07) is 0. The zero-order valence-electron chi connectivity index (χ0n) is 39.6. The van der Waals surface area contributed by atoms with Crippen molar-refractivity contribution in [2.45, 2.75) is 232 Å². The molecular weight excluding hydrogens is 782 g/mol. The van der Waals surface area contributed by atoms with Crippen molar-refractivity contribution in [3.05, 3.63) is 60.8 Å². The summed E-state index contributed by atoms with van der Waals surface area (Å²) in [6.45, 7) is 4.77. The third-order valence-corrected chi connectivity index (χ3v) is 11.7. The second kappa shape index (κ2) is 49.2. The maximum Gasteiger partial charge on any atom is 0.472 e. The summed E-state index contributed by atoms with van der Waals surface area (Å²) in [5.41, 5.74) is 5.39. The largest absolute Gasteiger partial charge is 0.472 e. The first-order valence-corrected chi connectivity index (χ1v) is 26.8. The van der Waals surface area contributed by atoms with E-state index in [9.17, 15) is 14.3 Å². The van der Waals surface area contributed by atoms with Gasteiger partial charge in [-0.25, -0.2) is 4.57 Å². The van der Waals surface area contributed by atoms with Crippen LogP contribution >= 0.6 is 7.82 Å². The van der Waals surface area contributed by atoms with Crippen molar-refractivity contribution < 1.29 is 32.8 Å². The molecule has 0 aliphatic carbocycles. The standard InChI is InChI=1S/C52H96NO7P/c1-3-5-7-9-11-13-15-17-19-21-23-25-26-27-29-31-33-35-37-39-41-43-45-52(54)60-51(50-59-61(55,56)58-48-46-53)49-57-47-44-42-40-38-36-34-32-30-28-24-22-20-18-16-14-12-10-8-6-4-2/h6,8,12,14,18,20,24,28,32,34,51H,3-5,7,9-11,13,15-17,19,21-23,25-27,29-31,33,35-50,53H2,1-2H3,(H,55,56)/b8-6-,14-12-,20-18-,28-24-,34-32-. The fourth-order valence-electron chi connectivity index (χ4n) is 7.02. The van der Waals surface area contributed by atoms with Gasteiger partial charge >= 0.3 is 13.8 Å². The molecule has 0 saturated heterocycles. The van der Waals surface area contributed by atoms with Gasteiger partial charge in [0.1, 0.15) is 6.10 Å². The lowest BCUT2D eigenvalue weighted by Crippen LogP contribution is -2.28. The Morgan fingerprint density at radius 1 is 0.508 bits per heavy atom. The zero-order chi connectivity index (χ0) is 44.4. The van der Waals surface area contributed by atoms with E-state index in [4.69, 9.17) is 24.3 Å². The van der Waals surface area contributed by atoms with Crippen LogP contribution in [0.25, 0.3) is 0 Å². The Balaban J connectivity index is 3.98. The quantitative estimate of drug-likeness (QED) is 0.0269. The predicted molar refractivity (Wildman–Crippen MR) is 261 cm³/mol. The minimum atomic E-state index is -4.29. The van der Waals surface area contributed by atoms with Crippen LogP contribution in [0.5, 0.6) is 0 Å². The summed E-state index contributed by atoms with van der Waals surface area (Å²) in [5, 5.41) is 0. The van der Waals surface area contributed by atoms with Gasteiger partial charge in [0.15, 0.2) is 0 Å². The number of ether oxygens (including phenoxy) is 2. The maximum absolute atomic E-state index is 12.7. The number of rotatable bonds is 48. The number of hydrogen-bond acceptors (Lipinski definition) is 7. The summed E-state index contributed by atoms with van der Waals surface area (Å²) in [6.07, 6.45) is 61.1. The van der Waals surface area contributed by atoms with Crippen LogP contribution in [0.3, 0.4) is 0 Å². The van der Waals surface area contributed by atoms with E-state index in [1.165, 1.54) is 122 Å². The molecule has 356 valence electrons. The van der Waals surface area contributed by atoms with E-state index >= 15 is 0 Å². The summed E-state index contributed by atoms with van der Waals surface area (Å²) in [7, 11) is -4.29. The Morgan fingerprint density at radius 3 is 1.38 bits per heavy atom. The first kappa shape index (κ1) is 59.2. The topological polar surface area (TPSA) is 117 Å². The molecule has 0 aliphatic heterocycles. The zero-order valence-corrected chi connectivity index (χ0v) is 40.5. The van der Waals surface area contributed by atoms with Gasteiger partial charge in [-0.3, -0.25) is 13.8 Å². The molecule has 2 unspecified atom stereocenters. The Kier molecular flexibility index (Phi) is 47.8. The highest BCUT2D eigenvalue weighted by molar-refractivity contribution is 7.47. The number of hydrogen-bond donors (Lipinski definition) is 2. The highest BCUT2D eigenvalue weighted by Crippen LogP contribution is 2.43. The van der Waals surface area contributed by atoms with Crippen LogP contribution < -0.4 is 5.73 Å². The lowest BCUT2D eigenvalue weighted by atomic mass is 10.0. The van der Waals surface area contributed by atoms with Gasteiger partial charge in [0.25, 0.3) is 0 Å². The molecule has 0 radical (unpaired) electrons. The van der Waals surface area contributed by atoms with E-state index < -0.39 is 13.9 Å². The van der Waals surface area contributed by atoms with E-state index in [2.05, 4.69) is 74.6 Å². The number of nitrogens with two attached hydrogens (primary N) is 1. The molecule has 3 N–H and O–H groups in total. The molecule has 0 bridgehead atoms. The van der Waals surface area contributed by atoms with Crippen LogP contribution in [-0.2, 0) is 27.9 Å². The van der Waals surface area contributed by atoms with Crippen molar-refractivity contribution in [3.8, 4) is 0 Å². The van der Waals surface area contributed by atoms with Gasteiger partial charge in [0.2, 0.25) is 0 Å². The highest BCUT2D eigenvalue weighted by Gasteiger charge is 2.25. The predicted octanol–water partition coefficient (Wildman–Crippen LogP) is 15.7. The summed E-state index contributed by atoms with van der Waals surface area (Å²) >= 11 is 0. The minimum absolute atomic E-state index is 0.0945. The monoisotopic (exact) mass is 878 g/mol. The Bertz CT molecular complexity index is 1120. The first-order valence-electron chi connectivity index (χ1n) is 25.3. The molecule has 0 aromatic rings. The third-order valence-electron chi connectivity index (χ3n) is 10.7. The van der Waals surface area contributed by atoms with Crippen molar-refractivity contribution >= 4 is 13.8 Å². The molecule has 0 rings (SSSR count). The fourth-order valence-corrected chi connectivity index (χ4v) is 7.79. The van der Waals surface area contributed by atoms with Crippen molar-refractivity contribution in [3.63, 3.8) is 0 Å². The van der Waals surface area contributed by atoms with Gasteiger partial charge in [-0.1, -0.05) is 222 Å². The van der Waals surface area contributed by atoms with Crippen molar-refractivity contribution in [1.29, 1.82) is 0 Å². The van der Waals surface area contributed by atoms with Crippen LogP contribution in [0.15, 0.2) is 60.8 Å². The SMILES string of the molecule is CC/C=C\C/C=C\C/C=C\C/C=C\C/C=C\CCCCCCOCC(COP(=O)(O)OCCN)OC(=O)CCCCCCCCCCCCCCCCCCCCCCCC. The van der Waals surface area contributed by atoms with Gasteiger partial charge in [-0.2, -0.15) is 0 Å². The molecule has 61 heavy (non-hydrogen) atoms. The summed E-state index contributed by atoms with van der Waals surface area (Å²) < 4.78 is 33.5. The molecule has 0 aromatic carbocycles. The van der Waals surface area contributed by atoms with Gasteiger partial charge < -0.3 is 20.1 Å². The Morgan fingerprint density at radius 2 is 0.918 bits per heavy atom. The summed E-state index contributed by atoms with van der Waals surface area (Å²) in [5.74, 6) is -0.337.